The highest BCUT2D eigenvalue weighted by atomic mass is 127. The van der Waals surface area contributed by atoms with Crippen LogP contribution in [0.15, 0.2) is 88.8 Å². The zero-order chi connectivity index (χ0) is 32.2. The number of carbonyl (C=O) groups is 1. The Morgan fingerprint density at radius 3 is 2.22 bits per heavy atom. The zero-order valence-electron chi connectivity index (χ0n) is 23.0. The predicted molar refractivity (Wildman–Crippen MR) is 183 cm³/mol. The first-order valence-corrected chi connectivity index (χ1v) is 15.6. The van der Waals surface area contributed by atoms with Crippen molar-refractivity contribution in [1.29, 1.82) is 0 Å². The maximum absolute atomic E-state index is 13.8. The van der Waals surface area contributed by atoms with Crippen LogP contribution in [0.1, 0.15) is 12.5 Å². The van der Waals surface area contributed by atoms with Crippen molar-refractivity contribution in [2.75, 3.05) is 11.5 Å². The van der Waals surface area contributed by atoms with Gasteiger partial charge in [-0.3, -0.25) is 29.9 Å². The average Bonchev–Trinajstić information content (AvgIpc) is 3.30. The molecule has 0 radical (unpaired) electrons. The fourth-order valence-electron chi connectivity index (χ4n) is 4.14. The zero-order valence-corrected chi connectivity index (χ0v) is 27.5. The second-order valence-electron chi connectivity index (χ2n) is 9.13. The van der Waals surface area contributed by atoms with Gasteiger partial charge in [-0.05, 0) is 120 Å². The lowest BCUT2D eigenvalue weighted by Gasteiger charge is -2.16. The van der Waals surface area contributed by atoms with E-state index in [1.54, 1.807) is 73.7 Å². The van der Waals surface area contributed by atoms with Gasteiger partial charge in [0.2, 0.25) is 5.75 Å². The SMILES string of the molecule is CCOc1cc(/C=C2\SC(=Nc3ccc(Cl)cc3)N(c3ccc(Cl)cc3)C2=O)cc(I)c1Oc1ccc([N+](=O)[O-])cc1[N+](=O)[O-]. The van der Waals surface area contributed by atoms with Gasteiger partial charge in [-0.25, -0.2) is 4.99 Å². The summed E-state index contributed by atoms with van der Waals surface area (Å²) >= 11 is 15.3. The lowest BCUT2D eigenvalue weighted by molar-refractivity contribution is -0.394. The van der Waals surface area contributed by atoms with E-state index in [2.05, 4.69) is 0 Å². The van der Waals surface area contributed by atoms with Crippen LogP contribution in [-0.4, -0.2) is 27.5 Å². The van der Waals surface area contributed by atoms with Crippen LogP contribution >= 0.6 is 57.6 Å². The summed E-state index contributed by atoms with van der Waals surface area (Å²) < 4.78 is 12.2. The quantitative estimate of drug-likeness (QED) is 0.0710. The molecule has 228 valence electrons. The molecular formula is C30H19Cl2IN4O7S. The number of aliphatic imine (C=N–C) groups is 1. The molecule has 5 rings (SSSR count). The number of rotatable bonds is 9. The third kappa shape index (κ3) is 7.39. The lowest BCUT2D eigenvalue weighted by atomic mass is 10.1. The Bertz CT molecular complexity index is 1890. The summed E-state index contributed by atoms with van der Waals surface area (Å²) in [5.74, 6) is -0.0812. The minimum Gasteiger partial charge on any atom is -0.490 e. The van der Waals surface area contributed by atoms with Gasteiger partial charge in [-0.1, -0.05) is 23.2 Å². The summed E-state index contributed by atoms with van der Waals surface area (Å²) in [6, 6.07) is 20.2. The van der Waals surface area contributed by atoms with Gasteiger partial charge in [0, 0.05) is 16.1 Å². The normalized spacial score (nSPS) is 14.7. The molecule has 11 nitrogen and oxygen atoms in total. The summed E-state index contributed by atoms with van der Waals surface area (Å²) in [5.41, 5.74) is 0.751. The van der Waals surface area contributed by atoms with E-state index >= 15 is 0 Å². The maximum atomic E-state index is 13.8. The molecule has 1 aliphatic heterocycles. The Kier molecular flexibility index (Phi) is 9.92. The van der Waals surface area contributed by atoms with Crippen molar-refractivity contribution < 1.29 is 24.1 Å². The van der Waals surface area contributed by atoms with Crippen molar-refractivity contribution in [2.45, 2.75) is 6.92 Å². The largest absolute Gasteiger partial charge is 0.490 e. The number of nitro benzene ring substituents is 2. The first-order valence-electron chi connectivity index (χ1n) is 12.9. The molecule has 4 aromatic rings. The van der Waals surface area contributed by atoms with Crippen LogP contribution in [0, 0.1) is 23.8 Å². The van der Waals surface area contributed by atoms with Crippen LogP contribution in [0.25, 0.3) is 6.08 Å². The highest BCUT2D eigenvalue weighted by molar-refractivity contribution is 14.1. The number of nitrogens with zero attached hydrogens (tertiary/aromatic N) is 4. The van der Waals surface area contributed by atoms with E-state index in [1.165, 1.54) is 22.7 Å². The van der Waals surface area contributed by atoms with E-state index in [1.807, 2.05) is 22.6 Å². The first kappa shape index (κ1) is 32.2. The molecule has 0 N–H and O–H groups in total. The molecule has 0 atom stereocenters. The van der Waals surface area contributed by atoms with Gasteiger partial charge in [0.25, 0.3) is 11.6 Å². The van der Waals surface area contributed by atoms with Gasteiger partial charge < -0.3 is 9.47 Å². The molecule has 0 aliphatic carbocycles. The van der Waals surface area contributed by atoms with Gasteiger partial charge in [0.15, 0.2) is 16.7 Å². The number of anilines is 1. The third-order valence-electron chi connectivity index (χ3n) is 6.13. The number of halogens is 3. The minimum absolute atomic E-state index is 0.176. The summed E-state index contributed by atoms with van der Waals surface area (Å²) in [7, 11) is 0. The highest BCUT2D eigenvalue weighted by Crippen LogP contribution is 2.43. The first-order chi connectivity index (χ1) is 21.5. The van der Waals surface area contributed by atoms with E-state index in [9.17, 15) is 25.0 Å². The van der Waals surface area contributed by atoms with Gasteiger partial charge in [0.1, 0.15) is 0 Å². The molecule has 1 fully saturated rings. The van der Waals surface area contributed by atoms with Crippen molar-refractivity contribution in [1.82, 2.24) is 0 Å². The number of amidine groups is 1. The Hall–Kier alpha value is -4.18. The van der Waals surface area contributed by atoms with Crippen LogP contribution in [0.4, 0.5) is 22.7 Å². The average molecular weight is 777 g/mol. The molecule has 0 aromatic heterocycles. The summed E-state index contributed by atoms with van der Waals surface area (Å²) in [4.78, 5) is 41.6. The lowest BCUT2D eigenvalue weighted by Crippen LogP contribution is -2.28. The molecular weight excluding hydrogens is 758 g/mol. The van der Waals surface area contributed by atoms with Gasteiger partial charge in [0.05, 0.1) is 42.4 Å². The summed E-state index contributed by atoms with van der Waals surface area (Å²) in [6.45, 7) is 2.00. The van der Waals surface area contributed by atoms with Crippen LogP contribution < -0.4 is 14.4 Å². The van der Waals surface area contributed by atoms with Crippen molar-refractivity contribution >= 4 is 97.5 Å². The van der Waals surface area contributed by atoms with Crippen molar-refractivity contribution in [2.24, 2.45) is 4.99 Å². The number of carbonyl (C=O) groups excluding carboxylic acids is 1. The van der Waals surface area contributed by atoms with E-state index in [0.717, 1.165) is 12.1 Å². The number of hydrogen-bond acceptors (Lipinski definition) is 9. The number of ether oxygens (including phenoxy) is 2. The number of nitro groups is 2. The minimum atomic E-state index is -0.757. The van der Waals surface area contributed by atoms with Crippen LogP contribution in [0.2, 0.25) is 10.0 Å². The third-order valence-corrected chi connectivity index (χ3v) is 8.41. The van der Waals surface area contributed by atoms with Crippen molar-refractivity contribution in [3.05, 3.63) is 123 Å². The molecule has 1 heterocycles. The molecule has 0 saturated carbocycles. The Morgan fingerprint density at radius 2 is 1.60 bits per heavy atom. The Balaban J connectivity index is 1.53. The van der Waals surface area contributed by atoms with Crippen LogP contribution in [-0.2, 0) is 4.79 Å². The second-order valence-corrected chi connectivity index (χ2v) is 12.2. The molecule has 45 heavy (non-hydrogen) atoms. The fraction of sp³-hybridized carbons (Fsp3) is 0.0667. The fourth-order valence-corrected chi connectivity index (χ4v) is 6.12. The predicted octanol–water partition coefficient (Wildman–Crippen LogP) is 9.41. The van der Waals surface area contributed by atoms with Gasteiger partial charge in [-0.2, -0.15) is 0 Å². The molecule has 0 unspecified atom stereocenters. The van der Waals surface area contributed by atoms with E-state index in [0.29, 0.717) is 40.6 Å². The van der Waals surface area contributed by atoms with E-state index in [4.69, 9.17) is 37.7 Å². The topological polar surface area (TPSA) is 137 Å². The molecule has 1 amide bonds. The standard InChI is InChI=1S/C30H19Cl2IN4O7S/c1-2-43-26-14-17(13-23(33)28(26)44-25-12-11-22(36(39)40)16-24(25)37(41)42)15-27-29(38)35(21-9-5-19(32)6-10-21)30(45-27)34-20-7-3-18(31)4-8-20/h3-16H,2H2,1H3/b27-15-,34-30?. The molecule has 0 bridgehead atoms. The monoisotopic (exact) mass is 776 g/mol. The number of hydrogen-bond donors (Lipinski definition) is 0. The Labute approximate surface area is 283 Å². The number of thioether (sulfide) groups is 1. The molecule has 1 aliphatic rings. The van der Waals surface area contributed by atoms with Crippen molar-refractivity contribution in [3.63, 3.8) is 0 Å². The number of amides is 1. The molecule has 15 heteroatoms. The maximum Gasteiger partial charge on any atom is 0.318 e. The van der Waals surface area contributed by atoms with Gasteiger partial charge >= 0.3 is 5.69 Å². The Morgan fingerprint density at radius 1 is 0.933 bits per heavy atom. The summed E-state index contributed by atoms with van der Waals surface area (Å²) in [5, 5.41) is 24.3. The van der Waals surface area contributed by atoms with Crippen LogP contribution in [0.5, 0.6) is 17.2 Å². The van der Waals surface area contributed by atoms with Crippen LogP contribution in [0.3, 0.4) is 0 Å². The van der Waals surface area contributed by atoms with E-state index in [-0.39, 0.29) is 29.8 Å². The highest BCUT2D eigenvalue weighted by Gasteiger charge is 2.35. The van der Waals surface area contributed by atoms with Crippen molar-refractivity contribution in [3.8, 4) is 17.2 Å². The number of non-ortho nitro benzene ring substituents is 1. The second kappa shape index (κ2) is 13.9. The molecule has 1 saturated heterocycles. The number of benzene rings is 4. The van der Waals surface area contributed by atoms with Gasteiger partial charge in [-0.15, -0.1) is 0 Å². The molecule has 0 spiro atoms. The summed E-state index contributed by atoms with van der Waals surface area (Å²) in [6.07, 6.45) is 1.68. The smallest absolute Gasteiger partial charge is 0.318 e. The molecule has 4 aromatic carbocycles. The van der Waals surface area contributed by atoms with E-state index < -0.39 is 21.2 Å².